The average molecular weight is 245 g/mol. The monoisotopic (exact) mass is 245 g/mol. The van der Waals surface area contributed by atoms with E-state index in [2.05, 4.69) is 0 Å². The first-order valence-corrected chi connectivity index (χ1v) is 6.00. The third kappa shape index (κ3) is 2.14. The number of aryl methyl sites for hydroxylation is 1. The Balaban J connectivity index is 2.71. The molecular formula is C14H15NO3. The van der Waals surface area contributed by atoms with E-state index in [1.165, 1.54) is 10.8 Å². The van der Waals surface area contributed by atoms with Crippen LogP contribution in [-0.4, -0.2) is 15.6 Å². The summed E-state index contributed by atoms with van der Waals surface area (Å²) in [5.41, 5.74) is 0.0605. The van der Waals surface area contributed by atoms with Crippen LogP contribution in [0.5, 0.6) is 0 Å². The number of hydrogen-bond acceptors (Lipinski definition) is 2. The molecule has 18 heavy (non-hydrogen) atoms. The molecule has 0 aliphatic carbocycles. The Bertz CT molecular complexity index is 643. The topological polar surface area (TPSA) is 59.3 Å². The molecule has 1 N–H and O–H groups in total. The van der Waals surface area contributed by atoms with Gasteiger partial charge in [-0.3, -0.25) is 4.79 Å². The molecule has 94 valence electrons. The number of aromatic nitrogens is 1. The molecule has 0 aliphatic rings. The standard InChI is InChI=1S/C14H15NO3/c1-2-3-8-15-9-12(14(17)18)10-6-4-5-7-11(10)13(15)16/h4-7,9H,2-3,8H2,1H3,(H,17,18). The van der Waals surface area contributed by atoms with E-state index < -0.39 is 5.97 Å². The summed E-state index contributed by atoms with van der Waals surface area (Å²) in [6.07, 6.45) is 3.27. The minimum Gasteiger partial charge on any atom is -0.478 e. The largest absolute Gasteiger partial charge is 0.478 e. The Morgan fingerprint density at radius 1 is 1.28 bits per heavy atom. The number of rotatable bonds is 4. The van der Waals surface area contributed by atoms with Crippen molar-refractivity contribution in [3.8, 4) is 0 Å². The first kappa shape index (κ1) is 12.4. The number of unbranched alkanes of at least 4 members (excludes halogenated alkanes) is 1. The van der Waals surface area contributed by atoms with Crippen LogP contribution >= 0.6 is 0 Å². The summed E-state index contributed by atoms with van der Waals surface area (Å²) in [6.45, 7) is 2.59. The Morgan fingerprint density at radius 3 is 2.56 bits per heavy atom. The first-order valence-electron chi connectivity index (χ1n) is 6.00. The third-order valence-electron chi connectivity index (χ3n) is 2.98. The Labute approximate surface area is 104 Å². The van der Waals surface area contributed by atoms with Gasteiger partial charge in [0.05, 0.1) is 5.56 Å². The lowest BCUT2D eigenvalue weighted by Gasteiger charge is -2.09. The number of nitrogens with zero attached hydrogens (tertiary/aromatic N) is 1. The maximum atomic E-state index is 12.2. The summed E-state index contributed by atoms with van der Waals surface area (Å²) < 4.78 is 1.50. The Hall–Kier alpha value is -2.10. The highest BCUT2D eigenvalue weighted by molar-refractivity contribution is 6.02. The van der Waals surface area contributed by atoms with Crippen LogP contribution < -0.4 is 5.56 Å². The molecule has 1 heterocycles. The zero-order valence-corrected chi connectivity index (χ0v) is 10.2. The molecular weight excluding hydrogens is 230 g/mol. The van der Waals surface area contributed by atoms with Gasteiger partial charge in [-0.2, -0.15) is 0 Å². The second kappa shape index (κ2) is 5.04. The van der Waals surface area contributed by atoms with Gasteiger partial charge in [0, 0.05) is 23.5 Å². The molecule has 2 aromatic rings. The van der Waals surface area contributed by atoms with Gasteiger partial charge in [-0.25, -0.2) is 4.79 Å². The average Bonchev–Trinajstić information content (AvgIpc) is 2.38. The van der Waals surface area contributed by atoms with Gasteiger partial charge < -0.3 is 9.67 Å². The van der Waals surface area contributed by atoms with Crippen molar-refractivity contribution in [2.24, 2.45) is 0 Å². The van der Waals surface area contributed by atoms with Crippen molar-refractivity contribution >= 4 is 16.7 Å². The fourth-order valence-corrected chi connectivity index (χ4v) is 2.01. The van der Waals surface area contributed by atoms with Crippen LogP contribution in [0, 0.1) is 0 Å². The number of pyridine rings is 1. The van der Waals surface area contributed by atoms with Crippen molar-refractivity contribution in [3.05, 3.63) is 46.4 Å². The minimum atomic E-state index is -1.00. The zero-order valence-electron chi connectivity index (χ0n) is 10.2. The predicted molar refractivity (Wildman–Crippen MR) is 70.1 cm³/mol. The van der Waals surface area contributed by atoms with Crippen molar-refractivity contribution in [2.45, 2.75) is 26.3 Å². The molecule has 0 amide bonds. The molecule has 0 aliphatic heterocycles. The van der Waals surface area contributed by atoms with Crippen molar-refractivity contribution in [1.82, 2.24) is 4.57 Å². The maximum absolute atomic E-state index is 12.2. The summed E-state index contributed by atoms with van der Waals surface area (Å²) in [5.74, 6) is -1.00. The minimum absolute atomic E-state index is 0.121. The number of carboxylic acid groups (broad SMARTS) is 1. The van der Waals surface area contributed by atoms with E-state index in [1.54, 1.807) is 24.3 Å². The van der Waals surface area contributed by atoms with Gasteiger partial charge in [-0.1, -0.05) is 31.5 Å². The number of carboxylic acids is 1. The van der Waals surface area contributed by atoms with Gasteiger partial charge in [-0.05, 0) is 12.5 Å². The number of fused-ring (bicyclic) bond motifs is 1. The van der Waals surface area contributed by atoms with Crippen LogP contribution in [-0.2, 0) is 6.54 Å². The number of hydrogen-bond donors (Lipinski definition) is 1. The highest BCUT2D eigenvalue weighted by atomic mass is 16.4. The van der Waals surface area contributed by atoms with E-state index in [1.807, 2.05) is 6.92 Å². The van der Waals surface area contributed by atoms with Crippen molar-refractivity contribution in [2.75, 3.05) is 0 Å². The van der Waals surface area contributed by atoms with Gasteiger partial charge in [0.25, 0.3) is 5.56 Å². The molecule has 0 saturated heterocycles. The van der Waals surface area contributed by atoms with E-state index in [0.717, 1.165) is 12.8 Å². The quantitative estimate of drug-likeness (QED) is 0.900. The highest BCUT2D eigenvalue weighted by Gasteiger charge is 2.12. The molecule has 0 fully saturated rings. The molecule has 0 spiro atoms. The van der Waals surface area contributed by atoms with E-state index in [9.17, 15) is 14.7 Å². The summed E-state index contributed by atoms with van der Waals surface area (Å²) >= 11 is 0. The summed E-state index contributed by atoms with van der Waals surface area (Å²) in [6, 6.07) is 6.83. The molecule has 0 saturated carbocycles. The smallest absolute Gasteiger partial charge is 0.337 e. The van der Waals surface area contributed by atoms with Gasteiger partial charge >= 0.3 is 5.97 Å². The Kier molecular flexibility index (Phi) is 3.46. The Morgan fingerprint density at radius 2 is 1.94 bits per heavy atom. The fourth-order valence-electron chi connectivity index (χ4n) is 2.01. The number of benzene rings is 1. The molecule has 0 bridgehead atoms. The molecule has 0 radical (unpaired) electrons. The normalized spacial score (nSPS) is 10.7. The second-order valence-corrected chi connectivity index (χ2v) is 4.25. The summed E-state index contributed by atoms with van der Waals surface area (Å²) in [4.78, 5) is 23.4. The van der Waals surface area contributed by atoms with Crippen molar-refractivity contribution in [1.29, 1.82) is 0 Å². The van der Waals surface area contributed by atoms with Crippen LogP contribution in [0.4, 0.5) is 0 Å². The van der Waals surface area contributed by atoms with Gasteiger partial charge in [0.1, 0.15) is 0 Å². The van der Waals surface area contributed by atoms with Crippen molar-refractivity contribution < 1.29 is 9.90 Å². The van der Waals surface area contributed by atoms with E-state index >= 15 is 0 Å². The van der Waals surface area contributed by atoms with Gasteiger partial charge in [0.15, 0.2) is 0 Å². The SMILES string of the molecule is CCCCn1cc(C(=O)O)c2ccccc2c1=O. The zero-order chi connectivity index (χ0) is 13.1. The summed E-state index contributed by atoms with van der Waals surface area (Å²) in [7, 11) is 0. The molecule has 0 unspecified atom stereocenters. The second-order valence-electron chi connectivity index (χ2n) is 4.25. The summed E-state index contributed by atoms with van der Waals surface area (Å²) in [5, 5.41) is 10.2. The van der Waals surface area contributed by atoms with Gasteiger partial charge in [0.2, 0.25) is 0 Å². The van der Waals surface area contributed by atoms with Crippen LogP contribution in [0.3, 0.4) is 0 Å². The molecule has 4 heteroatoms. The lowest BCUT2D eigenvalue weighted by molar-refractivity contribution is 0.0698. The van der Waals surface area contributed by atoms with E-state index in [0.29, 0.717) is 17.3 Å². The lowest BCUT2D eigenvalue weighted by Crippen LogP contribution is -2.22. The molecule has 0 atom stereocenters. The third-order valence-corrected chi connectivity index (χ3v) is 2.98. The van der Waals surface area contributed by atoms with Crippen LogP contribution in [0.25, 0.3) is 10.8 Å². The van der Waals surface area contributed by atoms with E-state index in [4.69, 9.17) is 0 Å². The maximum Gasteiger partial charge on any atom is 0.337 e. The van der Waals surface area contributed by atoms with Crippen LogP contribution in [0.2, 0.25) is 0 Å². The number of carbonyl (C=O) groups is 1. The predicted octanol–water partition coefficient (Wildman–Crippen LogP) is 2.50. The molecule has 1 aromatic carbocycles. The molecule has 4 nitrogen and oxygen atoms in total. The molecule has 1 aromatic heterocycles. The lowest BCUT2D eigenvalue weighted by atomic mass is 10.1. The first-order chi connectivity index (χ1) is 8.65. The number of aromatic carboxylic acids is 1. The van der Waals surface area contributed by atoms with Gasteiger partial charge in [-0.15, -0.1) is 0 Å². The van der Waals surface area contributed by atoms with Crippen LogP contribution in [0.15, 0.2) is 35.3 Å². The van der Waals surface area contributed by atoms with Crippen molar-refractivity contribution in [3.63, 3.8) is 0 Å². The molecule has 2 rings (SSSR count). The highest BCUT2D eigenvalue weighted by Crippen LogP contribution is 2.15. The fraction of sp³-hybridized carbons (Fsp3) is 0.286. The van der Waals surface area contributed by atoms with E-state index in [-0.39, 0.29) is 11.1 Å². The van der Waals surface area contributed by atoms with Crippen LogP contribution in [0.1, 0.15) is 30.1 Å².